The van der Waals surface area contributed by atoms with Gasteiger partial charge in [0.15, 0.2) is 5.78 Å². The number of ketones is 2. The Morgan fingerprint density at radius 3 is 1.95 bits per heavy atom. The standard InChI is InChI=1S/C17H16O2/c1-13(18)16(14-8-4-2-5-9-14)12-17(19)15-10-6-3-7-11-15/h2-11,16H,12H2,1H3/t16-/m0/s1. The second kappa shape index (κ2) is 6.10. The Balaban J connectivity index is 2.19. The number of hydrogen-bond acceptors (Lipinski definition) is 2. The molecule has 1 atom stereocenters. The molecule has 96 valence electrons. The second-order valence-corrected chi connectivity index (χ2v) is 4.57. The largest absolute Gasteiger partial charge is 0.299 e. The molecule has 0 aliphatic carbocycles. The van der Waals surface area contributed by atoms with E-state index < -0.39 is 0 Å². The zero-order valence-electron chi connectivity index (χ0n) is 10.9. The normalized spacial score (nSPS) is 11.8. The Bertz CT molecular complexity index is 558. The highest BCUT2D eigenvalue weighted by Crippen LogP contribution is 2.22. The maximum atomic E-state index is 12.2. The van der Waals surface area contributed by atoms with Gasteiger partial charge in [0.1, 0.15) is 5.78 Å². The van der Waals surface area contributed by atoms with Crippen LogP contribution in [0.4, 0.5) is 0 Å². The first-order chi connectivity index (χ1) is 9.18. The first-order valence-corrected chi connectivity index (χ1v) is 6.32. The summed E-state index contributed by atoms with van der Waals surface area (Å²) in [6.45, 7) is 1.54. The lowest BCUT2D eigenvalue weighted by atomic mass is 9.89. The van der Waals surface area contributed by atoms with Gasteiger partial charge in [0.25, 0.3) is 0 Å². The van der Waals surface area contributed by atoms with Crippen molar-refractivity contribution < 1.29 is 9.59 Å². The van der Waals surface area contributed by atoms with Crippen LogP contribution < -0.4 is 0 Å². The van der Waals surface area contributed by atoms with Crippen LogP contribution in [0, 0.1) is 0 Å². The molecule has 0 spiro atoms. The van der Waals surface area contributed by atoms with Crippen LogP contribution in [0.15, 0.2) is 60.7 Å². The molecule has 0 amide bonds. The third kappa shape index (κ3) is 3.38. The number of carbonyl (C=O) groups excluding carboxylic acids is 2. The third-order valence-corrected chi connectivity index (χ3v) is 3.18. The van der Waals surface area contributed by atoms with Crippen LogP contribution >= 0.6 is 0 Å². The van der Waals surface area contributed by atoms with E-state index >= 15 is 0 Å². The summed E-state index contributed by atoms with van der Waals surface area (Å²) in [4.78, 5) is 23.9. The van der Waals surface area contributed by atoms with E-state index in [1.54, 1.807) is 12.1 Å². The van der Waals surface area contributed by atoms with Gasteiger partial charge in [-0.1, -0.05) is 60.7 Å². The van der Waals surface area contributed by atoms with Crippen LogP contribution in [-0.2, 0) is 4.79 Å². The van der Waals surface area contributed by atoms with Crippen molar-refractivity contribution in [1.82, 2.24) is 0 Å². The fourth-order valence-corrected chi connectivity index (χ4v) is 2.11. The van der Waals surface area contributed by atoms with Crippen molar-refractivity contribution in [2.45, 2.75) is 19.3 Å². The van der Waals surface area contributed by atoms with Crippen molar-refractivity contribution >= 4 is 11.6 Å². The van der Waals surface area contributed by atoms with Crippen molar-refractivity contribution in [3.05, 3.63) is 71.8 Å². The van der Waals surface area contributed by atoms with E-state index in [0.717, 1.165) is 5.56 Å². The van der Waals surface area contributed by atoms with Gasteiger partial charge >= 0.3 is 0 Å². The van der Waals surface area contributed by atoms with Crippen LogP contribution in [0.2, 0.25) is 0 Å². The summed E-state index contributed by atoms with van der Waals surface area (Å²) in [5.41, 5.74) is 1.56. The Morgan fingerprint density at radius 1 is 0.895 bits per heavy atom. The van der Waals surface area contributed by atoms with Gasteiger partial charge in [-0.2, -0.15) is 0 Å². The fourth-order valence-electron chi connectivity index (χ4n) is 2.11. The molecule has 0 N–H and O–H groups in total. The molecule has 2 heteroatoms. The summed E-state index contributed by atoms with van der Waals surface area (Å²) in [7, 11) is 0. The number of Topliss-reactive ketones (excluding diaryl/α,β-unsaturated/α-hetero) is 2. The molecule has 2 aromatic carbocycles. The summed E-state index contributed by atoms with van der Waals surface area (Å²) in [6.07, 6.45) is 0.226. The molecule has 0 aliphatic heterocycles. The molecule has 0 saturated carbocycles. The highest BCUT2D eigenvalue weighted by Gasteiger charge is 2.20. The Morgan fingerprint density at radius 2 is 1.42 bits per heavy atom. The van der Waals surface area contributed by atoms with Crippen molar-refractivity contribution in [2.75, 3.05) is 0 Å². The summed E-state index contributed by atoms with van der Waals surface area (Å²) >= 11 is 0. The summed E-state index contributed by atoms with van der Waals surface area (Å²) in [5, 5.41) is 0. The van der Waals surface area contributed by atoms with Gasteiger partial charge in [-0.3, -0.25) is 9.59 Å². The first kappa shape index (κ1) is 13.2. The number of carbonyl (C=O) groups is 2. The molecule has 19 heavy (non-hydrogen) atoms. The van der Waals surface area contributed by atoms with E-state index in [2.05, 4.69) is 0 Å². The van der Waals surface area contributed by atoms with Crippen LogP contribution in [0.1, 0.15) is 35.2 Å². The predicted octanol–water partition coefficient (Wildman–Crippen LogP) is 3.63. The highest BCUT2D eigenvalue weighted by molar-refractivity contribution is 6.00. The van der Waals surface area contributed by atoms with Crippen molar-refractivity contribution in [2.24, 2.45) is 0 Å². The van der Waals surface area contributed by atoms with Crippen LogP contribution in [0.5, 0.6) is 0 Å². The molecule has 2 nitrogen and oxygen atoms in total. The minimum atomic E-state index is -0.353. The van der Waals surface area contributed by atoms with Gasteiger partial charge < -0.3 is 0 Å². The zero-order valence-corrected chi connectivity index (χ0v) is 10.9. The number of rotatable bonds is 5. The van der Waals surface area contributed by atoms with Gasteiger partial charge in [0.2, 0.25) is 0 Å². The van der Waals surface area contributed by atoms with E-state index in [1.165, 1.54) is 6.92 Å². The SMILES string of the molecule is CC(=O)[C@H](CC(=O)c1ccccc1)c1ccccc1. The summed E-state index contributed by atoms with van der Waals surface area (Å²) in [5.74, 6) is -0.325. The minimum absolute atomic E-state index is 0.00431. The fraction of sp³-hybridized carbons (Fsp3) is 0.176. The van der Waals surface area contributed by atoms with Gasteiger partial charge in [-0.25, -0.2) is 0 Å². The highest BCUT2D eigenvalue weighted by atomic mass is 16.1. The smallest absolute Gasteiger partial charge is 0.163 e. The van der Waals surface area contributed by atoms with Crippen LogP contribution in [0.3, 0.4) is 0 Å². The van der Waals surface area contributed by atoms with Gasteiger partial charge in [0.05, 0.1) is 0 Å². The van der Waals surface area contributed by atoms with E-state index in [1.807, 2.05) is 48.5 Å². The van der Waals surface area contributed by atoms with E-state index in [4.69, 9.17) is 0 Å². The van der Waals surface area contributed by atoms with E-state index in [-0.39, 0.29) is 23.9 Å². The summed E-state index contributed by atoms with van der Waals surface area (Å²) < 4.78 is 0. The minimum Gasteiger partial charge on any atom is -0.299 e. The molecule has 0 saturated heterocycles. The Labute approximate surface area is 113 Å². The molecule has 0 fully saturated rings. The molecular formula is C17H16O2. The molecular weight excluding hydrogens is 236 g/mol. The van der Waals surface area contributed by atoms with Gasteiger partial charge in [-0.05, 0) is 12.5 Å². The van der Waals surface area contributed by atoms with Crippen LogP contribution in [0.25, 0.3) is 0 Å². The zero-order chi connectivity index (χ0) is 13.7. The quantitative estimate of drug-likeness (QED) is 0.761. The molecule has 0 unspecified atom stereocenters. The summed E-state index contributed by atoms with van der Waals surface area (Å²) in [6, 6.07) is 18.6. The average Bonchev–Trinajstić information content (AvgIpc) is 2.46. The van der Waals surface area contributed by atoms with Crippen molar-refractivity contribution in [3.63, 3.8) is 0 Å². The first-order valence-electron chi connectivity index (χ1n) is 6.32. The lowest BCUT2D eigenvalue weighted by Gasteiger charge is -2.13. The second-order valence-electron chi connectivity index (χ2n) is 4.57. The maximum absolute atomic E-state index is 12.2. The van der Waals surface area contributed by atoms with Crippen molar-refractivity contribution in [3.8, 4) is 0 Å². The predicted molar refractivity (Wildman–Crippen MR) is 75.3 cm³/mol. The average molecular weight is 252 g/mol. The van der Waals surface area contributed by atoms with Crippen molar-refractivity contribution in [1.29, 1.82) is 0 Å². The van der Waals surface area contributed by atoms with Gasteiger partial charge in [-0.15, -0.1) is 0 Å². The Hall–Kier alpha value is -2.22. The van der Waals surface area contributed by atoms with E-state index in [0.29, 0.717) is 5.56 Å². The molecule has 2 aromatic rings. The number of hydrogen-bond donors (Lipinski definition) is 0. The maximum Gasteiger partial charge on any atom is 0.163 e. The van der Waals surface area contributed by atoms with Gasteiger partial charge in [0, 0.05) is 17.9 Å². The Kier molecular flexibility index (Phi) is 4.24. The lowest BCUT2D eigenvalue weighted by Crippen LogP contribution is -2.14. The van der Waals surface area contributed by atoms with Crippen LogP contribution in [-0.4, -0.2) is 11.6 Å². The third-order valence-electron chi connectivity index (χ3n) is 3.18. The molecule has 0 bridgehead atoms. The van der Waals surface area contributed by atoms with E-state index in [9.17, 15) is 9.59 Å². The monoisotopic (exact) mass is 252 g/mol. The number of benzene rings is 2. The molecule has 0 heterocycles. The molecule has 0 aromatic heterocycles. The molecule has 2 rings (SSSR count). The lowest BCUT2D eigenvalue weighted by molar-refractivity contribution is -0.118. The topological polar surface area (TPSA) is 34.1 Å². The molecule has 0 aliphatic rings. The molecule has 0 radical (unpaired) electrons.